The molecule has 1 aliphatic carbocycles. The predicted octanol–water partition coefficient (Wildman–Crippen LogP) is 5.31. The van der Waals surface area contributed by atoms with Crippen LogP contribution < -0.4 is 4.74 Å². The summed E-state index contributed by atoms with van der Waals surface area (Å²) < 4.78 is 35.1. The first-order chi connectivity index (χ1) is 12.5. The highest BCUT2D eigenvalue weighted by atomic mass is 19.1. The van der Waals surface area contributed by atoms with Gasteiger partial charge in [-0.15, -0.1) is 0 Å². The summed E-state index contributed by atoms with van der Waals surface area (Å²) in [6, 6.07) is 5.29. The van der Waals surface area contributed by atoms with Crippen molar-refractivity contribution >= 4 is 11.0 Å². The Morgan fingerprint density at radius 1 is 1.15 bits per heavy atom. The van der Waals surface area contributed by atoms with E-state index in [0.29, 0.717) is 17.2 Å². The summed E-state index contributed by atoms with van der Waals surface area (Å²) in [4.78, 5) is 4.54. The van der Waals surface area contributed by atoms with Gasteiger partial charge in [0.25, 0.3) is 0 Å². The maximum Gasteiger partial charge on any atom is 0.147 e. The number of pyridine rings is 1. The summed E-state index contributed by atoms with van der Waals surface area (Å²) >= 11 is 0. The van der Waals surface area contributed by atoms with E-state index in [1.807, 2.05) is 6.07 Å². The van der Waals surface area contributed by atoms with Crippen LogP contribution in [0.1, 0.15) is 36.1 Å². The molecule has 2 heterocycles. The van der Waals surface area contributed by atoms with Gasteiger partial charge in [-0.3, -0.25) is 4.98 Å². The first-order valence-electron chi connectivity index (χ1n) is 9.05. The van der Waals surface area contributed by atoms with E-state index < -0.39 is 11.6 Å². The van der Waals surface area contributed by atoms with Crippen molar-refractivity contribution in [3.05, 3.63) is 58.9 Å². The van der Waals surface area contributed by atoms with E-state index in [4.69, 9.17) is 4.74 Å². The fraction of sp³-hybridized carbons (Fsp3) is 0.381. The van der Waals surface area contributed by atoms with Crippen molar-refractivity contribution in [2.75, 3.05) is 0 Å². The number of rotatable bonds is 5. The molecule has 1 fully saturated rings. The summed E-state index contributed by atoms with van der Waals surface area (Å²) in [7, 11) is 0. The molecular weight excluding hydrogens is 334 g/mol. The van der Waals surface area contributed by atoms with Crippen LogP contribution >= 0.6 is 0 Å². The second kappa shape index (κ2) is 6.71. The molecule has 0 bridgehead atoms. The largest absolute Gasteiger partial charge is 0.487 e. The lowest BCUT2D eigenvalue weighted by molar-refractivity contribution is 0.275. The maximum atomic E-state index is 13.4. The molecule has 0 unspecified atom stereocenters. The molecule has 0 atom stereocenters. The van der Waals surface area contributed by atoms with Crippen LogP contribution in [0.25, 0.3) is 11.0 Å². The number of ether oxygens (including phenoxy) is 1. The summed E-state index contributed by atoms with van der Waals surface area (Å²) in [6.45, 7) is 5.27. The normalized spacial score (nSPS) is 14.6. The molecule has 136 valence electrons. The molecule has 0 aliphatic heterocycles. The summed E-state index contributed by atoms with van der Waals surface area (Å²) in [5.74, 6) is 0.219. The van der Waals surface area contributed by atoms with Gasteiger partial charge in [-0.1, -0.05) is 6.42 Å². The van der Waals surface area contributed by atoms with Gasteiger partial charge in [-0.2, -0.15) is 0 Å². The van der Waals surface area contributed by atoms with Crippen LogP contribution in [0.4, 0.5) is 8.78 Å². The lowest BCUT2D eigenvalue weighted by Crippen LogP contribution is -2.18. The molecular formula is C21H22F2N2O. The topological polar surface area (TPSA) is 27.1 Å². The molecule has 1 aromatic carbocycles. The van der Waals surface area contributed by atoms with Gasteiger partial charge in [0.05, 0.1) is 5.52 Å². The third-order valence-corrected chi connectivity index (χ3v) is 5.44. The van der Waals surface area contributed by atoms with Gasteiger partial charge in [0.2, 0.25) is 0 Å². The standard InChI is InChI=1S/C21H22F2N2O/c1-13-14(2)25(11-15-4-3-5-15)21-19(6-7-24-20(13)21)26-12-16-8-17(22)10-18(23)9-16/h6-10,15H,3-5,11-12H2,1-2H3. The monoisotopic (exact) mass is 356 g/mol. The molecule has 2 aromatic heterocycles. The van der Waals surface area contributed by atoms with E-state index >= 15 is 0 Å². The Morgan fingerprint density at radius 3 is 2.54 bits per heavy atom. The van der Waals surface area contributed by atoms with Gasteiger partial charge >= 0.3 is 0 Å². The zero-order chi connectivity index (χ0) is 18.3. The van der Waals surface area contributed by atoms with Crippen LogP contribution in [0, 0.1) is 31.4 Å². The van der Waals surface area contributed by atoms with Gasteiger partial charge in [0.15, 0.2) is 0 Å². The number of hydrogen-bond donors (Lipinski definition) is 0. The quantitative estimate of drug-likeness (QED) is 0.619. The highest BCUT2D eigenvalue weighted by molar-refractivity contribution is 5.86. The number of benzene rings is 1. The third kappa shape index (κ3) is 3.06. The Hall–Kier alpha value is -2.43. The van der Waals surface area contributed by atoms with E-state index in [0.717, 1.165) is 29.2 Å². The van der Waals surface area contributed by atoms with Crippen LogP contribution in [0.5, 0.6) is 5.75 Å². The number of hydrogen-bond acceptors (Lipinski definition) is 2. The number of halogens is 2. The van der Waals surface area contributed by atoms with Crippen LogP contribution in [0.2, 0.25) is 0 Å². The summed E-state index contributed by atoms with van der Waals surface area (Å²) in [5, 5.41) is 0. The number of fused-ring (bicyclic) bond motifs is 1. The zero-order valence-corrected chi connectivity index (χ0v) is 15.1. The van der Waals surface area contributed by atoms with Crippen molar-refractivity contribution < 1.29 is 13.5 Å². The van der Waals surface area contributed by atoms with Gasteiger partial charge in [-0.25, -0.2) is 8.78 Å². The zero-order valence-electron chi connectivity index (χ0n) is 15.1. The molecule has 5 heteroatoms. The lowest BCUT2D eigenvalue weighted by atomic mass is 9.85. The number of aryl methyl sites for hydroxylation is 1. The Kier molecular flexibility index (Phi) is 4.39. The smallest absolute Gasteiger partial charge is 0.147 e. The molecule has 0 amide bonds. The van der Waals surface area contributed by atoms with Gasteiger partial charge in [0, 0.05) is 30.6 Å². The van der Waals surface area contributed by atoms with Gasteiger partial charge in [-0.05, 0) is 55.9 Å². The SMILES string of the molecule is Cc1c(C)n(CC2CCC2)c2c(OCc3cc(F)cc(F)c3)ccnc12. The number of aromatic nitrogens is 2. The van der Waals surface area contributed by atoms with Crippen molar-refractivity contribution in [3.63, 3.8) is 0 Å². The molecule has 0 spiro atoms. The average Bonchev–Trinajstić information content (AvgIpc) is 2.80. The van der Waals surface area contributed by atoms with E-state index in [-0.39, 0.29) is 6.61 Å². The van der Waals surface area contributed by atoms with E-state index in [2.05, 4.69) is 23.4 Å². The maximum absolute atomic E-state index is 13.4. The predicted molar refractivity (Wildman–Crippen MR) is 97.2 cm³/mol. The van der Waals surface area contributed by atoms with Crippen molar-refractivity contribution in [2.24, 2.45) is 5.92 Å². The summed E-state index contributed by atoms with van der Waals surface area (Å²) in [6.07, 6.45) is 5.55. The fourth-order valence-corrected chi connectivity index (χ4v) is 3.65. The van der Waals surface area contributed by atoms with E-state index in [9.17, 15) is 8.78 Å². The minimum atomic E-state index is -0.594. The average molecular weight is 356 g/mol. The molecule has 3 nitrogen and oxygen atoms in total. The number of nitrogens with zero attached hydrogens (tertiary/aromatic N) is 2. The van der Waals surface area contributed by atoms with Crippen molar-refractivity contribution in [1.29, 1.82) is 0 Å². The Balaban J connectivity index is 1.68. The Bertz CT molecular complexity index is 940. The van der Waals surface area contributed by atoms with Crippen LogP contribution in [-0.2, 0) is 13.2 Å². The molecule has 0 N–H and O–H groups in total. The Labute approximate surface area is 151 Å². The van der Waals surface area contributed by atoms with Crippen molar-refractivity contribution in [2.45, 2.75) is 46.3 Å². The lowest BCUT2D eigenvalue weighted by Gasteiger charge is -2.27. The van der Waals surface area contributed by atoms with Crippen LogP contribution in [0.3, 0.4) is 0 Å². The highest BCUT2D eigenvalue weighted by Crippen LogP contribution is 2.35. The van der Waals surface area contributed by atoms with E-state index in [1.54, 1.807) is 6.20 Å². The fourth-order valence-electron chi connectivity index (χ4n) is 3.65. The molecule has 4 rings (SSSR count). The Morgan fingerprint density at radius 2 is 1.88 bits per heavy atom. The molecule has 3 aromatic rings. The third-order valence-electron chi connectivity index (χ3n) is 5.44. The van der Waals surface area contributed by atoms with Crippen LogP contribution in [-0.4, -0.2) is 9.55 Å². The minimum Gasteiger partial charge on any atom is -0.487 e. The molecule has 26 heavy (non-hydrogen) atoms. The van der Waals surface area contributed by atoms with Gasteiger partial charge < -0.3 is 9.30 Å². The molecule has 0 saturated heterocycles. The molecule has 1 saturated carbocycles. The second-order valence-corrected chi connectivity index (χ2v) is 7.19. The molecule has 0 radical (unpaired) electrons. The first kappa shape index (κ1) is 17.0. The van der Waals surface area contributed by atoms with E-state index in [1.165, 1.54) is 37.1 Å². The highest BCUT2D eigenvalue weighted by Gasteiger charge is 2.23. The molecule has 1 aliphatic rings. The van der Waals surface area contributed by atoms with Crippen molar-refractivity contribution in [3.8, 4) is 5.75 Å². The second-order valence-electron chi connectivity index (χ2n) is 7.19. The summed E-state index contributed by atoms with van der Waals surface area (Å²) in [5.41, 5.74) is 4.74. The van der Waals surface area contributed by atoms with Crippen LogP contribution in [0.15, 0.2) is 30.5 Å². The van der Waals surface area contributed by atoms with Crippen molar-refractivity contribution in [1.82, 2.24) is 9.55 Å². The van der Waals surface area contributed by atoms with Gasteiger partial charge in [0.1, 0.15) is 29.5 Å². The minimum absolute atomic E-state index is 0.112. The first-order valence-corrected chi connectivity index (χ1v) is 9.05.